The van der Waals surface area contributed by atoms with E-state index < -0.39 is 10.8 Å². The van der Waals surface area contributed by atoms with Gasteiger partial charge in [0.1, 0.15) is 0 Å². The number of nitrogens with one attached hydrogen (secondary N) is 1. The topological polar surface area (TPSA) is 50.8 Å². The smallest absolute Gasteiger partial charge is 0.0622 e. The molecule has 0 aromatic heterocycles. The molecule has 0 amide bonds. The molecule has 27 heavy (non-hydrogen) atoms. The van der Waals surface area contributed by atoms with Crippen LogP contribution in [0.1, 0.15) is 37.7 Å². The first-order valence-corrected chi connectivity index (χ1v) is 11.8. The Morgan fingerprint density at radius 2 is 1.81 bits per heavy atom. The molecule has 0 radical (unpaired) electrons. The third kappa shape index (κ3) is 5.31. The van der Waals surface area contributed by atoms with Gasteiger partial charge in [-0.05, 0) is 49.8 Å². The standard InChI is InChI=1S/C21H32N2O3S/c24-27(21-7-12-25-13-8-21)16-17-2-1-3-19(14-17)22-18-4-9-23(10-5-18)20-6-11-26-15-20/h1-3,14,18,20-22H,4-13,15-16H2. The normalized spacial score (nSPS) is 26.9. The zero-order valence-corrected chi connectivity index (χ0v) is 16.9. The highest BCUT2D eigenvalue weighted by Gasteiger charge is 2.27. The fraction of sp³-hybridized carbons (Fsp3) is 0.714. The molecule has 3 heterocycles. The molecule has 0 aliphatic carbocycles. The first-order valence-electron chi connectivity index (χ1n) is 10.4. The van der Waals surface area contributed by atoms with Crippen molar-refractivity contribution >= 4 is 16.5 Å². The van der Waals surface area contributed by atoms with Gasteiger partial charge in [-0.15, -0.1) is 0 Å². The minimum atomic E-state index is -0.805. The second kappa shape index (κ2) is 9.50. The molecule has 150 valence electrons. The van der Waals surface area contributed by atoms with Gasteiger partial charge >= 0.3 is 0 Å². The number of nitrogens with zero attached hydrogens (tertiary/aromatic N) is 1. The van der Waals surface area contributed by atoms with E-state index >= 15 is 0 Å². The SMILES string of the molecule is O=S(Cc1cccc(NC2CCN(C3CCOC3)CC2)c1)C1CCOCC1. The summed E-state index contributed by atoms with van der Waals surface area (Å²) in [5.74, 6) is 0.653. The lowest BCUT2D eigenvalue weighted by Crippen LogP contribution is -2.44. The van der Waals surface area contributed by atoms with Crippen LogP contribution in [0.4, 0.5) is 5.69 Å². The van der Waals surface area contributed by atoms with Crippen LogP contribution in [0.15, 0.2) is 24.3 Å². The van der Waals surface area contributed by atoms with Crippen molar-refractivity contribution in [2.75, 3.05) is 44.8 Å². The molecule has 3 fully saturated rings. The first kappa shape index (κ1) is 19.4. The maximum atomic E-state index is 12.7. The molecule has 1 aromatic carbocycles. The van der Waals surface area contributed by atoms with Crippen molar-refractivity contribution in [1.29, 1.82) is 0 Å². The lowest BCUT2D eigenvalue weighted by atomic mass is 10.0. The van der Waals surface area contributed by atoms with E-state index in [0.29, 0.717) is 23.1 Å². The third-order valence-electron chi connectivity index (χ3n) is 6.10. The van der Waals surface area contributed by atoms with E-state index in [9.17, 15) is 4.21 Å². The van der Waals surface area contributed by atoms with E-state index in [1.165, 1.54) is 30.5 Å². The summed E-state index contributed by atoms with van der Waals surface area (Å²) in [6.07, 6.45) is 5.39. The Bertz CT molecular complexity index is 622. The maximum Gasteiger partial charge on any atom is 0.0622 e. The average Bonchev–Trinajstić information content (AvgIpc) is 3.24. The van der Waals surface area contributed by atoms with Crippen molar-refractivity contribution in [3.8, 4) is 0 Å². The molecule has 3 saturated heterocycles. The Kier molecular flexibility index (Phi) is 6.82. The van der Waals surface area contributed by atoms with Crippen LogP contribution < -0.4 is 5.32 Å². The lowest BCUT2D eigenvalue weighted by molar-refractivity contribution is 0.0992. The van der Waals surface area contributed by atoms with Gasteiger partial charge in [-0.25, -0.2) is 0 Å². The van der Waals surface area contributed by atoms with Crippen LogP contribution in [0, 0.1) is 0 Å². The van der Waals surface area contributed by atoms with E-state index in [-0.39, 0.29) is 0 Å². The number of benzene rings is 1. The zero-order valence-electron chi connectivity index (χ0n) is 16.1. The van der Waals surface area contributed by atoms with Gasteiger partial charge in [0.05, 0.1) is 6.61 Å². The monoisotopic (exact) mass is 392 g/mol. The van der Waals surface area contributed by atoms with Crippen LogP contribution >= 0.6 is 0 Å². The van der Waals surface area contributed by atoms with Gasteiger partial charge in [-0.1, -0.05) is 12.1 Å². The molecule has 3 aliphatic heterocycles. The number of rotatable bonds is 6. The van der Waals surface area contributed by atoms with Gasteiger partial charge in [-0.2, -0.15) is 0 Å². The first-order chi connectivity index (χ1) is 13.3. The summed E-state index contributed by atoms with van der Waals surface area (Å²) in [6, 6.07) is 9.68. The van der Waals surface area contributed by atoms with Crippen molar-refractivity contribution < 1.29 is 13.7 Å². The molecule has 5 nitrogen and oxygen atoms in total. The predicted octanol–water partition coefficient (Wildman–Crippen LogP) is 2.78. The van der Waals surface area contributed by atoms with E-state index in [0.717, 1.165) is 52.4 Å². The molecule has 2 atom stereocenters. The van der Waals surface area contributed by atoms with E-state index in [2.05, 4.69) is 34.5 Å². The summed E-state index contributed by atoms with van der Waals surface area (Å²) < 4.78 is 23.6. The molecule has 1 N–H and O–H groups in total. The Morgan fingerprint density at radius 1 is 1.04 bits per heavy atom. The van der Waals surface area contributed by atoms with Crippen LogP contribution in [0.3, 0.4) is 0 Å². The van der Waals surface area contributed by atoms with Crippen LogP contribution in [0.25, 0.3) is 0 Å². The minimum absolute atomic E-state index is 0.291. The highest BCUT2D eigenvalue weighted by molar-refractivity contribution is 7.84. The van der Waals surface area contributed by atoms with Crippen molar-refractivity contribution in [2.45, 2.75) is 55.2 Å². The highest BCUT2D eigenvalue weighted by atomic mass is 32.2. The molecular formula is C21H32N2O3S. The van der Waals surface area contributed by atoms with Gasteiger partial charge in [0.15, 0.2) is 0 Å². The molecule has 2 unspecified atom stereocenters. The Balaban J connectivity index is 1.27. The summed E-state index contributed by atoms with van der Waals surface area (Å²) in [5.41, 5.74) is 2.34. The Morgan fingerprint density at radius 3 is 2.56 bits per heavy atom. The molecule has 6 heteroatoms. The average molecular weight is 393 g/mol. The lowest BCUT2D eigenvalue weighted by Gasteiger charge is -2.36. The van der Waals surface area contributed by atoms with E-state index in [1.807, 2.05) is 0 Å². The van der Waals surface area contributed by atoms with Gasteiger partial charge in [0, 0.05) is 72.5 Å². The van der Waals surface area contributed by atoms with E-state index in [4.69, 9.17) is 9.47 Å². The molecule has 4 rings (SSSR count). The van der Waals surface area contributed by atoms with Gasteiger partial charge in [0.2, 0.25) is 0 Å². The number of likely N-dealkylation sites (tertiary alicyclic amines) is 1. The van der Waals surface area contributed by atoms with Crippen molar-refractivity contribution in [1.82, 2.24) is 4.90 Å². The molecule has 0 bridgehead atoms. The van der Waals surface area contributed by atoms with Crippen molar-refractivity contribution in [3.05, 3.63) is 29.8 Å². The third-order valence-corrected chi connectivity index (χ3v) is 7.93. The number of hydrogen-bond donors (Lipinski definition) is 1. The van der Waals surface area contributed by atoms with Crippen LogP contribution in [0.5, 0.6) is 0 Å². The fourth-order valence-corrected chi connectivity index (χ4v) is 5.89. The summed E-state index contributed by atoms with van der Waals surface area (Å²) in [5, 5.41) is 4.00. The Labute approximate surface area is 165 Å². The molecule has 0 saturated carbocycles. The maximum absolute atomic E-state index is 12.7. The fourth-order valence-electron chi connectivity index (χ4n) is 4.43. The van der Waals surface area contributed by atoms with Crippen molar-refractivity contribution in [3.63, 3.8) is 0 Å². The Hall–Kier alpha value is -0.950. The largest absolute Gasteiger partial charge is 0.382 e. The van der Waals surface area contributed by atoms with Crippen LogP contribution in [-0.2, 0) is 26.0 Å². The summed E-state index contributed by atoms with van der Waals surface area (Å²) in [6.45, 7) is 5.64. The number of anilines is 1. The van der Waals surface area contributed by atoms with Crippen LogP contribution in [-0.4, -0.2) is 66.0 Å². The molecular weight excluding hydrogens is 360 g/mol. The van der Waals surface area contributed by atoms with Crippen molar-refractivity contribution in [2.24, 2.45) is 0 Å². The molecule has 1 aromatic rings. The van der Waals surface area contributed by atoms with Crippen LogP contribution in [0.2, 0.25) is 0 Å². The van der Waals surface area contributed by atoms with Gasteiger partial charge < -0.3 is 14.8 Å². The quantitative estimate of drug-likeness (QED) is 0.807. The summed E-state index contributed by atoms with van der Waals surface area (Å²) in [4.78, 5) is 2.60. The second-order valence-corrected chi connectivity index (χ2v) is 9.73. The highest BCUT2D eigenvalue weighted by Crippen LogP contribution is 2.23. The predicted molar refractivity (Wildman–Crippen MR) is 110 cm³/mol. The summed E-state index contributed by atoms with van der Waals surface area (Å²) >= 11 is 0. The second-order valence-electron chi connectivity index (χ2n) is 8.01. The summed E-state index contributed by atoms with van der Waals surface area (Å²) in [7, 11) is -0.805. The number of hydrogen-bond acceptors (Lipinski definition) is 5. The van der Waals surface area contributed by atoms with Gasteiger partial charge in [0.25, 0.3) is 0 Å². The van der Waals surface area contributed by atoms with E-state index in [1.54, 1.807) is 0 Å². The minimum Gasteiger partial charge on any atom is -0.382 e. The number of piperidine rings is 1. The molecule has 0 spiro atoms. The number of ether oxygens (including phenoxy) is 2. The van der Waals surface area contributed by atoms with Gasteiger partial charge in [-0.3, -0.25) is 9.11 Å². The molecule has 3 aliphatic rings. The zero-order chi connectivity index (χ0) is 18.5.